The smallest absolute Gasteiger partial charge is 0.220 e. The summed E-state index contributed by atoms with van der Waals surface area (Å²) < 4.78 is 0. The minimum atomic E-state index is 0. The summed E-state index contributed by atoms with van der Waals surface area (Å²) >= 11 is 0. The molecule has 1 amide bonds. The monoisotopic (exact) mass is 310 g/mol. The first-order chi connectivity index (χ1) is 9.58. The van der Waals surface area contributed by atoms with Gasteiger partial charge in [-0.25, -0.2) is 0 Å². The molecule has 0 radical (unpaired) electrons. The molecule has 0 saturated carbocycles. The lowest BCUT2D eigenvalue weighted by Crippen LogP contribution is -2.55. The van der Waals surface area contributed by atoms with Crippen LogP contribution in [-0.4, -0.2) is 24.5 Å². The van der Waals surface area contributed by atoms with E-state index in [2.05, 4.69) is 43.5 Å². The Morgan fingerprint density at radius 3 is 2.71 bits per heavy atom. The molecule has 1 aliphatic rings. The van der Waals surface area contributed by atoms with Crippen molar-refractivity contribution in [2.24, 2.45) is 5.92 Å². The zero-order valence-corrected chi connectivity index (χ0v) is 14.0. The van der Waals surface area contributed by atoms with Crippen molar-refractivity contribution in [3.8, 4) is 0 Å². The molecular weight excluding hydrogens is 284 g/mol. The molecule has 3 atom stereocenters. The van der Waals surface area contributed by atoms with Crippen molar-refractivity contribution in [2.45, 2.75) is 52.1 Å². The second-order valence-corrected chi connectivity index (χ2v) is 6.03. The van der Waals surface area contributed by atoms with Crippen LogP contribution in [0.25, 0.3) is 0 Å². The van der Waals surface area contributed by atoms with E-state index in [0.717, 1.165) is 19.4 Å². The van der Waals surface area contributed by atoms with Gasteiger partial charge >= 0.3 is 0 Å². The lowest BCUT2D eigenvalue weighted by molar-refractivity contribution is -0.122. The molecule has 1 aliphatic heterocycles. The van der Waals surface area contributed by atoms with Crippen LogP contribution >= 0.6 is 12.4 Å². The van der Waals surface area contributed by atoms with Crippen LogP contribution < -0.4 is 10.6 Å². The van der Waals surface area contributed by atoms with Crippen LogP contribution in [0.4, 0.5) is 0 Å². The third-order valence-electron chi connectivity index (χ3n) is 4.43. The number of rotatable bonds is 4. The van der Waals surface area contributed by atoms with Gasteiger partial charge in [0.2, 0.25) is 5.91 Å². The Kier molecular flexibility index (Phi) is 7.20. The van der Waals surface area contributed by atoms with Crippen LogP contribution in [0.1, 0.15) is 37.8 Å². The number of carbonyl (C=O) groups is 1. The summed E-state index contributed by atoms with van der Waals surface area (Å²) in [5, 5.41) is 6.64. The number of hydrogen-bond acceptors (Lipinski definition) is 2. The van der Waals surface area contributed by atoms with Crippen LogP contribution in [-0.2, 0) is 11.2 Å². The molecule has 0 bridgehead atoms. The molecule has 118 valence electrons. The highest BCUT2D eigenvalue weighted by atomic mass is 35.5. The van der Waals surface area contributed by atoms with Crippen LogP contribution in [0.5, 0.6) is 0 Å². The number of benzene rings is 1. The quantitative estimate of drug-likeness (QED) is 0.898. The van der Waals surface area contributed by atoms with Crippen LogP contribution in [0.15, 0.2) is 24.3 Å². The first-order valence-corrected chi connectivity index (χ1v) is 7.65. The molecule has 0 spiro atoms. The van der Waals surface area contributed by atoms with Gasteiger partial charge in [0, 0.05) is 18.5 Å². The zero-order chi connectivity index (χ0) is 14.5. The second-order valence-electron chi connectivity index (χ2n) is 6.03. The highest BCUT2D eigenvalue weighted by molar-refractivity contribution is 5.85. The van der Waals surface area contributed by atoms with E-state index < -0.39 is 0 Å². The van der Waals surface area contributed by atoms with Crippen LogP contribution in [0.3, 0.4) is 0 Å². The maximum Gasteiger partial charge on any atom is 0.220 e. The number of carbonyl (C=O) groups excluding carboxylic acids is 1. The van der Waals surface area contributed by atoms with Gasteiger partial charge in [-0.3, -0.25) is 4.79 Å². The topological polar surface area (TPSA) is 41.1 Å². The van der Waals surface area contributed by atoms with Gasteiger partial charge in [-0.2, -0.15) is 0 Å². The lowest BCUT2D eigenvalue weighted by atomic mass is 9.89. The predicted octanol–water partition coefficient (Wildman–Crippen LogP) is 2.85. The Morgan fingerprint density at radius 1 is 1.33 bits per heavy atom. The molecule has 1 heterocycles. The lowest BCUT2D eigenvalue weighted by Gasteiger charge is -2.36. The maximum atomic E-state index is 12.1. The van der Waals surface area contributed by atoms with Gasteiger partial charge < -0.3 is 10.6 Å². The molecule has 1 saturated heterocycles. The first-order valence-electron chi connectivity index (χ1n) is 7.65. The normalized spacial score (nSPS) is 25.0. The molecule has 0 aliphatic carbocycles. The van der Waals surface area contributed by atoms with E-state index in [-0.39, 0.29) is 24.4 Å². The highest BCUT2D eigenvalue weighted by Gasteiger charge is 2.28. The third-order valence-corrected chi connectivity index (χ3v) is 4.43. The van der Waals surface area contributed by atoms with Gasteiger partial charge in [0.15, 0.2) is 0 Å². The summed E-state index contributed by atoms with van der Waals surface area (Å²) in [4.78, 5) is 12.1. The third kappa shape index (κ3) is 5.01. The molecule has 2 N–H and O–H groups in total. The van der Waals surface area contributed by atoms with E-state index in [1.807, 2.05) is 12.1 Å². The number of hydrogen-bond donors (Lipinski definition) is 2. The molecule has 3 nitrogen and oxygen atoms in total. The fraction of sp³-hybridized carbons (Fsp3) is 0.588. The van der Waals surface area contributed by atoms with Gasteiger partial charge in [0.1, 0.15) is 0 Å². The van der Waals surface area contributed by atoms with Gasteiger partial charge in [0.25, 0.3) is 0 Å². The molecule has 4 heteroatoms. The molecule has 1 aromatic carbocycles. The summed E-state index contributed by atoms with van der Waals surface area (Å²) in [7, 11) is 0. The highest BCUT2D eigenvalue weighted by Crippen LogP contribution is 2.16. The second kappa shape index (κ2) is 8.40. The first kappa shape index (κ1) is 18.0. The van der Waals surface area contributed by atoms with Crippen LogP contribution in [0.2, 0.25) is 0 Å². The van der Waals surface area contributed by atoms with Crippen molar-refractivity contribution < 1.29 is 4.79 Å². The van der Waals surface area contributed by atoms with E-state index in [0.29, 0.717) is 18.4 Å². The Balaban J connectivity index is 0.00000220. The molecule has 1 aromatic rings. The van der Waals surface area contributed by atoms with E-state index in [4.69, 9.17) is 0 Å². The average Bonchev–Trinajstić information content (AvgIpc) is 2.42. The molecule has 0 aromatic heterocycles. The molecule has 21 heavy (non-hydrogen) atoms. The van der Waals surface area contributed by atoms with Gasteiger partial charge in [-0.15, -0.1) is 12.4 Å². The van der Waals surface area contributed by atoms with Crippen molar-refractivity contribution in [3.63, 3.8) is 0 Å². The molecule has 3 unspecified atom stereocenters. The molecule has 2 rings (SSSR count). The van der Waals surface area contributed by atoms with E-state index in [9.17, 15) is 4.79 Å². The number of nitrogens with one attached hydrogen (secondary N) is 2. The van der Waals surface area contributed by atoms with Gasteiger partial charge in [0.05, 0.1) is 0 Å². The number of amides is 1. The summed E-state index contributed by atoms with van der Waals surface area (Å²) in [5.74, 6) is 0.717. The number of piperidine rings is 1. The number of halogens is 1. The Labute approximate surface area is 134 Å². The standard InChI is InChI=1S/C17H26N2O.ClH/c1-12-6-4-5-7-15(12)8-9-16(20)19-17-13(2)10-11-18-14(17)3;/h4-7,13-14,17-18H,8-11H2,1-3H3,(H,19,20);1H. The number of aryl methyl sites for hydroxylation is 2. The summed E-state index contributed by atoms with van der Waals surface area (Å²) in [6.45, 7) is 7.53. The van der Waals surface area contributed by atoms with Crippen molar-refractivity contribution in [2.75, 3.05) is 6.54 Å². The predicted molar refractivity (Wildman–Crippen MR) is 89.9 cm³/mol. The van der Waals surface area contributed by atoms with Gasteiger partial charge in [-0.05, 0) is 50.3 Å². The van der Waals surface area contributed by atoms with Crippen molar-refractivity contribution in [1.82, 2.24) is 10.6 Å². The van der Waals surface area contributed by atoms with E-state index in [1.54, 1.807) is 0 Å². The van der Waals surface area contributed by atoms with Crippen molar-refractivity contribution in [3.05, 3.63) is 35.4 Å². The minimum absolute atomic E-state index is 0. The Morgan fingerprint density at radius 2 is 2.05 bits per heavy atom. The maximum absolute atomic E-state index is 12.1. The average molecular weight is 311 g/mol. The van der Waals surface area contributed by atoms with Crippen molar-refractivity contribution >= 4 is 18.3 Å². The van der Waals surface area contributed by atoms with Gasteiger partial charge in [-0.1, -0.05) is 31.2 Å². The fourth-order valence-electron chi connectivity index (χ4n) is 3.00. The summed E-state index contributed by atoms with van der Waals surface area (Å²) in [5.41, 5.74) is 2.53. The fourth-order valence-corrected chi connectivity index (χ4v) is 3.00. The molecular formula is C17H27ClN2O. The van der Waals surface area contributed by atoms with Crippen LogP contribution in [0, 0.1) is 12.8 Å². The van der Waals surface area contributed by atoms with Crippen molar-refractivity contribution in [1.29, 1.82) is 0 Å². The molecule has 1 fully saturated rings. The SMILES string of the molecule is Cc1ccccc1CCC(=O)NC1C(C)CCNC1C.Cl. The van der Waals surface area contributed by atoms with E-state index in [1.165, 1.54) is 11.1 Å². The Hall–Kier alpha value is -1.06. The summed E-state index contributed by atoms with van der Waals surface area (Å²) in [6.07, 6.45) is 2.52. The largest absolute Gasteiger partial charge is 0.352 e. The Bertz CT molecular complexity index is 454. The zero-order valence-electron chi connectivity index (χ0n) is 13.2. The summed E-state index contributed by atoms with van der Waals surface area (Å²) in [6, 6.07) is 8.90. The minimum Gasteiger partial charge on any atom is -0.352 e. The van der Waals surface area contributed by atoms with E-state index >= 15 is 0 Å².